The molecule has 0 fully saturated rings. The highest BCUT2D eigenvalue weighted by Crippen LogP contribution is 2.35. The van der Waals surface area contributed by atoms with Crippen molar-refractivity contribution in [3.05, 3.63) is 28.6 Å². The zero-order valence-corrected chi connectivity index (χ0v) is 11.2. The van der Waals surface area contributed by atoms with E-state index in [0.717, 1.165) is 6.07 Å². The Morgan fingerprint density at radius 1 is 1.53 bits per heavy atom. The van der Waals surface area contributed by atoms with Gasteiger partial charge in [-0.05, 0) is 40.4 Å². The molecule has 0 aromatic carbocycles. The lowest BCUT2D eigenvalue weighted by molar-refractivity contribution is 0.0691. The van der Waals surface area contributed by atoms with E-state index in [1.54, 1.807) is 13.8 Å². The monoisotopic (exact) mass is 307 g/mol. The Hall–Kier alpha value is -1.04. The first kappa shape index (κ1) is 14.0. The average Bonchev–Trinajstić information content (AvgIpc) is 2.13. The average molecular weight is 308 g/mol. The Labute approximate surface area is 106 Å². The van der Waals surface area contributed by atoms with E-state index in [1.807, 2.05) is 0 Å². The van der Waals surface area contributed by atoms with Gasteiger partial charge in [0.05, 0.1) is 11.3 Å². The van der Waals surface area contributed by atoms with Crippen molar-refractivity contribution in [1.82, 2.24) is 4.98 Å². The Bertz CT molecular complexity index is 456. The summed E-state index contributed by atoms with van der Waals surface area (Å²) in [6.45, 7) is 4.91. The summed E-state index contributed by atoms with van der Waals surface area (Å²) >= 11 is 2.22. The number of hydrogen-bond donors (Lipinski definition) is 1. The topological polar surface area (TPSA) is 50.2 Å². The molecule has 1 N–H and O–H groups in total. The second kappa shape index (κ2) is 4.68. The van der Waals surface area contributed by atoms with Gasteiger partial charge >= 0.3 is 10.8 Å². The van der Waals surface area contributed by atoms with E-state index in [0.29, 0.717) is 0 Å². The Balaban J connectivity index is 3.52. The third-order valence-corrected chi connectivity index (χ3v) is 2.70. The van der Waals surface area contributed by atoms with Gasteiger partial charge in [-0.15, -0.1) is 0 Å². The fraction of sp³-hybridized carbons (Fsp3) is 0.455. The van der Waals surface area contributed by atoms with Crippen LogP contribution >= 0.6 is 15.9 Å². The van der Waals surface area contributed by atoms with Gasteiger partial charge in [-0.1, -0.05) is 13.8 Å². The lowest BCUT2D eigenvalue weighted by Crippen LogP contribution is -2.15. The van der Waals surface area contributed by atoms with Crippen LogP contribution in [0.1, 0.15) is 47.1 Å². The summed E-state index contributed by atoms with van der Waals surface area (Å²) in [5.41, 5.74) is -0.0128. The molecular weight excluding hydrogens is 296 g/mol. The van der Waals surface area contributed by atoms with Gasteiger partial charge in [0.25, 0.3) is 0 Å². The summed E-state index contributed by atoms with van der Waals surface area (Å²) in [5, 5.41) is 9.05. The molecule has 0 aliphatic heterocycles. The zero-order chi connectivity index (χ0) is 13.4. The van der Waals surface area contributed by atoms with Crippen LogP contribution in [0.5, 0.6) is 0 Å². The number of carboxylic acids is 1. The first-order valence-corrected chi connectivity index (χ1v) is 5.76. The summed E-state index contributed by atoms with van der Waals surface area (Å²) < 4.78 is 26.2. The molecule has 17 heavy (non-hydrogen) atoms. The summed E-state index contributed by atoms with van der Waals surface area (Å²) in [4.78, 5) is 11.6. The van der Waals surface area contributed by atoms with Crippen LogP contribution < -0.4 is 0 Å². The number of aromatic carboxylic acids is 1. The number of aromatic nitrogens is 1. The van der Waals surface area contributed by atoms with Gasteiger partial charge in [0.2, 0.25) is 0 Å². The number of carboxylic acid groups (broad SMARTS) is 1. The molecule has 1 aromatic rings. The molecule has 0 radical (unpaired) electrons. The molecule has 0 aliphatic carbocycles. The van der Waals surface area contributed by atoms with Crippen LogP contribution in [-0.4, -0.2) is 16.1 Å². The molecule has 0 bridgehead atoms. The summed E-state index contributed by atoms with van der Waals surface area (Å²) in [6.07, 6.45) is 0. The number of halogens is 3. The van der Waals surface area contributed by atoms with Crippen molar-refractivity contribution in [1.29, 1.82) is 0 Å². The van der Waals surface area contributed by atoms with Gasteiger partial charge < -0.3 is 5.11 Å². The normalized spacial score (nSPS) is 11.9. The van der Waals surface area contributed by atoms with Gasteiger partial charge in [-0.3, -0.25) is 0 Å². The lowest BCUT2D eigenvalue weighted by atomic mass is 9.99. The Morgan fingerprint density at radius 3 is 2.41 bits per heavy atom. The smallest absolute Gasteiger partial charge is 0.343 e. The maximum atomic E-state index is 13.1. The predicted molar refractivity (Wildman–Crippen MR) is 62.8 cm³/mol. The molecule has 0 saturated carbocycles. The fourth-order valence-electron chi connectivity index (χ4n) is 1.54. The lowest BCUT2D eigenvalue weighted by Gasteiger charge is -2.16. The first-order valence-electron chi connectivity index (χ1n) is 4.96. The van der Waals surface area contributed by atoms with E-state index in [-0.39, 0.29) is 22.7 Å². The second-order valence-electron chi connectivity index (χ2n) is 4.04. The second-order valence-corrected chi connectivity index (χ2v) is 5.04. The third kappa shape index (κ3) is 3.00. The van der Waals surface area contributed by atoms with E-state index in [4.69, 9.17) is 5.11 Å². The van der Waals surface area contributed by atoms with Crippen molar-refractivity contribution in [2.75, 3.05) is 0 Å². The highest BCUT2D eigenvalue weighted by molar-refractivity contribution is 9.09. The number of aryl methyl sites for hydroxylation is 1. The number of carbonyl (C=O) groups is 1. The molecule has 0 spiro atoms. The minimum absolute atomic E-state index is 0.000463. The van der Waals surface area contributed by atoms with Crippen molar-refractivity contribution >= 4 is 21.9 Å². The van der Waals surface area contributed by atoms with Crippen molar-refractivity contribution in [2.45, 2.75) is 31.5 Å². The molecule has 0 aliphatic rings. The van der Waals surface area contributed by atoms with E-state index in [2.05, 4.69) is 20.9 Å². The minimum Gasteiger partial charge on any atom is -0.478 e. The first-order chi connectivity index (χ1) is 7.64. The molecule has 0 unspecified atom stereocenters. The molecule has 3 nitrogen and oxygen atoms in total. The molecule has 1 aromatic heterocycles. The van der Waals surface area contributed by atoms with Crippen molar-refractivity contribution < 1.29 is 18.7 Å². The molecule has 0 atom stereocenters. The van der Waals surface area contributed by atoms with E-state index >= 15 is 0 Å². The SMILES string of the molecule is Cc1cc(C(F)(F)Br)nc(C(C)C)c1C(=O)O. The third-order valence-electron chi connectivity index (χ3n) is 2.30. The highest BCUT2D eigenvalue weighted by Gasteiger charge is 2.31. The molecule has 1 heterocycles. The van der Waals surface area contributed by atoms with Gasteiger partial charge in [0.1, 0.15) is 5.69 Å². The number of alkyl halides is 3. The van der Waals surface area contributed by atoms with Crippen LogP contribution in [-0.2, 0) is 4.83 Å². The van der Waals surface area contributed by atoms with Gasteiger partial charge in [0.15, 0.2) is 0 Å². The maximum Gasteiger partial charge on any atom is 0.343 e. The summed E-state index contributed by atoms with van der Waals surface area (Å²) in [5.74, 6) is -1.39. The molecule has 6 heteroatoms. The van der Waals surface area contributed by atoms with Crippen molar-refractivity contribution in [3.8, 4) is 0 Å². The van der Waals surface area contributed by atoms with E-state index in [9.17, 15) is 13.6 Å². The number of nitrogens with zero attached hydrogens (tertiary/aromatic N) is 1. The van der Waals surface area contributed by atoms with Crippen LogP contribution in [0.15, 0.2) is 6.07 Å². The van der Waals surface area contributed by atoms with Crippen molar-refractivity contribution in [3.63, 3.8) is 0 Å². The van der Waals surface area contributed by atoms with Crippen LogP contribution in [0.3, 0.4) is 0 Å². The molecule has 0 amide bonds. The fourth-order valence-corrected chi connectivity index (χ4v) is 1.74. The van der Waals surface area contributed by atoms with Crippen LogP contribution in [0.2, 0.25) is 0 Å². The van der Waals surface area contributed by atoms with Gasteiger partial charge in [-0.25, -0.2) is 9.78 Å². The van der Waals surface area contributed by atoms with E-state index in [1.165, 1.54) is 6.92 Å². The van der Waals surface area contributed by atoms with E-state index < -0.39 is 16.5 Å². The number of rotatable bonds is 3. The highest BCUT2D eigenvalue weighted by atomic mass is 79.9. The molecule has 0 saturated heterocycles. The zero-order valence-electron chi connectivity index (χ0n) is 9.59. The van der Waals surface area contributed by atoms with Crippen LogP contribution in [0, 0.1) is 6.92 Å². The number of pyridine rings is 1. The maximum absolute atomic E-state index is 13.1. The molecule has 94 valence electrons. The predicted octanol–water partition coefficient (Wildman–Crippen LogP) is 3.66. The summed E-state index contributed by atoms with van der Waals surface area (Å²) in [6, 6.07) is 1.09. The Morgan fingerprint density at radius 2 is 2.06 bits per heavy atom. The largest absolute Gasteiger partial charge is 0.478 e. The number of hydrogen-bond acceptors (Lipinski definition) is 2. The van der Waals surface area contributed by atoms with Gasteiger partial charge in [0, 0.05) is 0 Å². The van der Waals surface area contributed by atoms with Crippen molar-refractivity contribution in [2.24, 2.45) is 0 Å². The summed E-state index contributed by atoms with van der Waals surface area (Å²) in [7, 11) is 0. The van der Waals surface area contributed by atoms with Gasteiger partial charge in [-0.2, -0.15) is 8.78 Å². The standard InChI is InChI=1S/C11H12BrF2NO2/c1-5(2)9-8(10(16)17)6(3)4-7(15-9)11(12,13)14/h4-5H,1-3H3,(H,16,17). The van der Waals surface area contributed by atoms with Crippen LogP contribution in [0.4, 0.5) is 8.78 Å². The van der Waals surface area contributed by atoms with Crippen LogP contribution in [0.25, 0.3) is 0 Å². The quantitative estimate of drug-likeness (QED) is 0.867. The molecular formula is C11H12BrF2NO2. The minimum atomic E-state index is -3.25. The molecule has 1 rings (SSSR count). The Kier molecular flexibility index (Phi) is 3.86.